The molecule has 0 saturated heterocycles. The van der Waals surface area contributed by atoms with Gasteiger partial charge in [-0.15, -0.1) is 10.2 Å². The standard InChI is InChI=1S/C21H16N6O3/c1-30-20-13-18(27(28)29)11-12-19(20)26-24-21(16-5-3-2-4-6-16)23-25(26)17-9-7-15(14-22)8-10-17/h2-13H,1H3,(H,23,24). The van der Waals surface area contributed by atoms with E-state index in [0.29, 0.717) is 28.5 Å². The quantitative estimate of drug-likeness (QED) is 0.515. The second-order valence-electron chi connectivity index (χ2n) is 6.30. The van der Waals surface area contributed by atoms with Crippen molar-refractivity contribution in [3.63, 3.8) is 0 Å². The molecule has 9 heteroatoms. The number of hydrogen-bond donors (Lipinski definition) is 1. The van der Waals surface area contributed by atoms with Crippen LogP contribution in [0.3, 0.4) is 0 Å². The van der Waals surface area contributed by atoms with Crippen LogP contribution in [0.2, 0.25) is 0 Å². The molecule has 1 N–H and O–H groups in total. The van der Waals surface area contributed by atoms with Crippen molar-refractivity contribution in [3.8, 4) is 11.8 Å². The summed E-state index contributed by atoms with van der Waals surface area (Å²) >= 11 is 0. The first-order chi connectivity index (χ1) is 14.6. The third-order valence-corrected chi connectivity index (χ3v) is 4.47. The van der Waals surface area contributed by atoms with Crippen molar-refractivity contribution >= 4 is 22.9 Å². The van der Waals surface area contributed by atoms with Gasteiger partial charge in [0.1, 0.15) is 5.69 Å². The highest BCUT2D eigenvalue weighted by Crippen LogP contribution is 2.35. The molecule has 0 spiro atoms. The lowest BCUT2D eigenvalue weighted by Crippen LogP contribution is -2.44. The molecule has 30 heavy (non-hydrogen) atoms. The summed E-state index contributed by atoms with van der Waals surface area (Å²) < 4.78 is 5.40. The van der Waals surface area contributed by atoms with E-state index in [-0.39, 0.29) is 5.69 Å². The van der Waals surface area contributed by atoms with E-state index < -0.39 is 4.92 Å². The van der Waals surface area contributed by atoms with Crippen molar-refractivity contribution in [2.75, 3.05) is 17.3 Å². The number of nitro benzene ring substituents is 1. The van der Waals surface area contributed by atoms with Crippen LogP contribution in [0.15, 0.2) is 77.9 Å². The van der Waals surface area contributed by atoms with Crippen molar-refractivity contribution in [1.29, 1.82) is 5.26 Å². The number of methoxy groups -OCH3 is 1. The molecule has 1 heterocycles. The molecule has 0 radical (unpaired) electrons. The Labute approximate surface area is 172 Å². The van der Waals surface area contributed by atoms with Gasteiger partial charge in [-0.2, -0.15) is 10.4 Å². The number of hydrogen-bond acceptors (Lipinski definition) is 8. The number of hydrazine groups is 2. The summed E-state index contributed by atoms with van der Waals surface area (Å²) in [7, 11) is 1.44. The minimum atomic E-state index is -0.481. The number of nitrogens with one attached hydrogen (secondary N) is 1. The van der Waals surface area contributed by atoms with Gasteiger partial charge in [0.25, 0.3) is 5.69 Å². The van der Waals surface area contributed by atoms with Crippen molar-refractivity contribution < 1.29 is 9.66 Å². The van der Waals surface area contributed by atoms with Crippen LogP contribution in [0.4, 0.5) is 17.1 Å². The van der Waals surface area contributed by atoms with Gasteiger partial charge >= 0.3 is 0 Å². The van der Waals surface area contributed by atoms with Gasteiger partial charge in [0.2, 0.25) is 0 Å². The molecule has 0 aliphatic carbocycles. The maximum absolute atomic E-state index is 11.1. The van der Waals surface area contributed by atoms with Crippen molar-refractivity contribution in [2.45, 2.75) is 0 Å². The van der Waals surface area contributed by atoms with Crippen LogP contribution in [0.5, 0.6) is 5.75 Å². The molecule has 0 bridgehead atoms. The summed E-state index contributed by atoms with van der Waals surface area (Å²) in [4.78, 5) is 10.7. The average Bonchev–Trinajstić information content (AvgIpc) is 3.24. The number of hydrazone groups is 1. The fourth-order valence-electron chi connectivity index (χ4n) is 2.99. The summed E-state index contributed by atoms with van der Waals surface area (Å²) in [5, 5.41) is 28.1. The molecule has 0 aromatic heterocycles. The van der Waals surface area contributed by atoms with Crippen LogP contribution < -0.4 is 20.4 Å². The van der Waals surface area contributed by atoms with Crippen LogP contribution >= 0.6 is 0 Å². The number of nitro groups is 1. The number of non-ortho nitro benzene ring substituents is 1. The minimum absolute atomic E-state index is 0.0834. The van der Waals surface area contributed by atoms with Gasteiger partial charge in [-0.1, -0.05) is 30.3 Å². The van der Waals surface area contributed by atoms with E-state index in [2.05, 4.69) is 16.6 Å². The molecule has 3 aromatic rings. The van der Waals surface area contributed by atoms with E-state index in [4.69, 9.17) is 10.00 Å². The first-order valence-corrected chi connectivity index (χ1v) is 8.94. The SMILES string of the molecule is COc1cc([N+](=O)[O-])ccc1N1N=C(c2ccccc2)NN1c1ccc(C#N)cc1. The summed E-state index contributed by atoms with van der Waals surface area (Å²) in [6.07, 6.45) is 0. The zero-order valence-corrected chi connectivity index (χ0v) is 15.9. The molecule has 1 aliphatic heterocycles. The lowest BCUT2D eigenvalue weighted by atomic mass is 10.2. The van der Waals surface area contributed by atoms with Crippen LogP contribution in [0.25, 0.3) is 0 Å². The molecule has 0 unspecified atom stereocenters. The Balaban J connectivity index is 1.80. The predicted molar refractivity (Wildman–Crippen MR) is 112 cm³/mol. The molecule has 0 atom stereocenters. The lowest BCUT2D eigenvalue weighted by molar-refractivity contribution is -0.384. The third kappa shape index (κ3) is 3.45. The number of nitrogens with zero attached hydrogens (tertiary/aromatic N) is 5. The van der Waals surface area contributed by atoms with Gasteiger partial charge in [0.05, 0.1) is 35.4 Å². The molecule has 0 saturated carbocycles. The Kier molecular flexibility index (Phi) is 4.88. The fraction of sp³-hybridized carbons (Fsp3) is 0.0476. The maximum Gasteiger partial charge on any atom is 0.273 e. The topological polar surface area (TPSA) is 107 Å². The molecule has 0 fully saturated rings. The highest BCUT2D eigenvalue weighted by molar-refractivity contribution is 6.02. The van der Waals surface area contributed by atoms with E-state index in [0.717, 1.165) is 5.56 Å². The minimum Gasteiger partial charge on any atom is -0.494 e. The van der Waals surface area contributed by atoms with Gasteiger partial charge in [-0.05, 0) is 30.3 Å². The number of anilines is 2. The fourth-order valence-corrected chi connectivity index (χ4v) is 2.99. The van der Waals surface area contributed by atoms with Crippen molar-refractivity contribution in [1.82, 2.24) is 5.43 Å². The lowest BCUT2D eigenvalue weighted by Gasteiger charge is -2.28. The number of ether oxygens (including phenoxy) is 1. The van der Waals surface area contributed by atoms with E-state index in [1.807, 2.05) is 30.3 Å². The van der Waals surface area contributed by atoms with Gasteiger partial charge in [0.15, 0.2) is 11.6 Å². The van der Waals surface area contributed by atoms with Gasteiger partial charge in [0, 0.05) is 11.6 Å². The van der Waals surface area contributed by atoms with Crippen molar-refractivity contribution in [3.05, 3.63) is 94.0 Å². The highest BCUT2D eigenvalue weighted by Gasteiger charge is 2.29. The molecule has 4 rings (SSSR count). The van der Waals surface area contributed by atoms with Gasteiger partial charge in [-0.25, -0.2) is 0 Å². The normalized spacial score (nSPS) is 12.7. The smallest absolute Gasteiger partial charge is 0.273 e. The summed E-state index contributed by atoms with van der Waals surface area (Å²) in [5.74, 6) is 0.878. The van der Waals surface area contributed by atoms with E-state index in [1.54, 1.807) is 40.6 Å². The van der Waals surface area contributed by atoms with E-state index >= 15 is 0 Å². The second-order valence-corrected chi connectivity index (χ2v) is 6.30. The predicted octanol–water partition coefficient (Wildman–Crippen LogP) is 3.58. The van der Waals surface area contributed by atoms with Crippen LogP contribution in [-0.4, -0.2) is 17.9 Å². The van der Waals surface area contributed by atoms with Crippen LogP contribution in [0.1, 0.15) is 11.1 Å². The first-order valence-electron chi connectivity index (χ1n) is 8.94. The van der Waals surface area contributed by atoms with Crippen molar-refractivity contribution in [2.24, 2.45) is 5.10 Å². The molecular formula is C21H16N6O3. The number of nitriles is 1. The van der Waals surface area contributed by atoms with Crippen LogP contribution in [0, 0.1) is 21.4 Å². The van der Waals surface area contributed by atoms with Crippen LogP contribution in [-0.2, 0) is 0 Å². The van der Waals surface area contributed by atoms with E-state index in [1.165, 1.54) is 19.2 Å². The van der Waals surface area contributed by atoms with E-state index in [9.17, 15) is 10.1 Å². The Bertz CT molecular complexity index is 1160. The average molecular weight is 400 g/mol. The Hall–Kier alpha value is -4.58. The zero-order valence-electron chi connectivity index (χ0n) is 15.9. The Morgan fingerprint density at radius 1 is 1.10 bits per heavy atom. The van der Waals surface area contributed by atoms with Gasteiger partial charge in [-0.3, -0.25) is 15.5 Å². The number of rotatable bonds is 5. The highest BCUT2D eigenvalue weighted by atomic mass is 16.6. The maximum atomic E-state index is 11.1. The summed E-state index contributed by atoms with van der Waals surface area (Å²) in [5.41, 5.74) is 5.76. The number of amidine groups is 1. The Morgan fingerprint density at radius 2 is 1.83 bits per heavy atom. The largest absolute Gasteiger partial charge is 0.494 e. The summed E-state index contributed by atoms with van der Waals surface area (Å²) in [6, 6.07) is 22.9. The van der Waals surface area contributed by atoms with Gasteiger partial charge < -0.3 is 4.74 Å². The molecule has 3 aromatic carbocycles. The molecule has 9 nitrogen and oxygen atoms in total. The molecule has 148 valence electrons. The second kappa shape index (κ2) is 7.81. The molecular weight excluding hydrogens is 384 g/mol. The number of benzene rings is 3. The first kappa shape index (κ1) is 18.8. The summed E-state index contributed by atoms with van der Waals surface area (Å²) in [6.45, 7) is 0. The third-order valence-electron chi connectivity index (χ3n) is 4.47. The zero-order chi connectivity index (χ0) is 21.1. The molecule has 0 amide bonds. The molecule has 1 aliphatic rings. The monoisotopic (exact) mass is 400 g/mol. The Morgan fingerprint density at radius 3 is 2.47 bits per heavy atom.